The van der Waals surface area contributed by atoms with E-state index in [1.54, 1.807) is 36.4 Å². The van der Waals surface area contributed by atoms with Crippen molar-refractivity contribution in [1.29, 1.82) is 0 Å². The molecule has 0 saturated carbocycles. The highest BCUT2D eigenvalue weighted by molar-refractivity contribution is 7.95. The van der Waals surface area contributed by atoms with Crippen molar-refractivity contribution >= 4 is 33.4 Å². The van der Waals surface area contributed by atoms with Crippen LogP contribution in [0.1, 0.15) is 19.3 Å². The van der Waals surface area contributed by atoms with E-state index >= 15 is 0 Å². The zero-order valence-electron chi connectivity index (χ0n) is 15.0. The molecule has 7 nitrogen and oxygen atoms in total. The van der Waals surface area contributed by atoms with E-state index < -0.39 is 28.2 Å². The third-order valence-corrected chi connectivity index (χ3v) is 6.94. The summed E-state index contributed by atoms with van der Waals surface area (Å²) < 4.78 is 43.6. The molecular weight excluding hydrogens is 385 g/mol. The quantitative estimate of drug-likeness (QED) is 0.847. The smallest absolute Gasteiger partial charge is 0.407 e. The summed E-state index contributed by atoms with van der Waals surface area (Å²) in [6.45, 7) is 0.320. The molecule has 2 aromatic rings. The number of para-hydroxylation sites is 2. The van der Waals surface area contributed by atoms with E-state index in [-0.39, 0.29) is 17.9 Å². The summed E-state index contributed by atoms with van der Waals surface area (Å²) in [6.07, 6.45) is 1.06. The number of benzene rings is 2. The number of carboxylic acid groups (broad SMARTS) is 1. The number of amides is 1. The highest BCUT2D eigenvalue weighted by Crippen LogP contribution is 2.47. The maximum absolute atomic E-state index is 14.7. The van der Waals surface area contributed by atoms with Crippen molar-refractivity contribution in [3.63, 3.8) is 0 Å². The van der Waals surface area contributed by atoms with Crippen molar-refractivity contribution in [3.05, 3.63) is 54.3 Å². The number of anilines is 3. The minimum absolute atomic E-state index is 0.0358. The second-order valence-corrected chi connectivity index (χ2v) is 8.57. The molecular formula is C19H20FN3O4S. The zero-order valence-corrected chi connectivity index (χ0v) is 15.8. The van der Waals surface area contributed by atoms with Crippen LogP contribution in [0.4, 0.5) is 26.2 Å². The third kappa shape index (κ3) is 2.95. The Bertz CT molecular complexity index is 999. The maximum atomic E-state index is 14.7. The highest BCUT2D eigenvalue weighted by atomic mass is 32.2. The van der Waals surface area contributed by atoms with Gasteiger partial charge in [0.1, 0.15) is 11.5 Å². The lowest BCUT2D eigenvalue weighted by molar-refractivity contribution is 0.109. The third-order valence-electron chi connectivity index (χ3n) is 5.19. The van der Waals surface area contributed by atoms with Crippen molar-refractivity contribution in [2.45, 2.75) is 25.3 Å². The van der Waals surface area contributed by atoms with Crippen LogP contribution in [-0.4, -0.2) is 43.6 Å². The van der Waals surface area contributed by atoms with Crippen molar-refractivity contribution in [3.8, 4) is 0 Å². The van der Waals surface area contributed by atoms with Gasteiger partial charge >= 0.3 is 16.3 Å². The summed E-state index contributed by atoms with van der Waals surface area (Å²) in [5.74, 6) is -0.647. The summed E-state index contributed by atoms with van der Waals surface area (Å²) in [6, 6.07) is 12.1. The van der Waals surface area contributed by atoms with Gasteiger partial charge in [0.15, 0.2) is 0 Å². The molecule has 28 heavy (non-hydrogen) atoms. The molecule has 1 N–H and O–H groups in total. The van der Waals surface area contributed by atoms with Crippen LogP contribution >= 0.6 is 0 Å². The number of hydrogen-bond acceptors (Lipinski definition) is 3. The van der Waals surface area contributed by atoms with E-state index in [1.807, 2.05) is 0 Å². The molecule has 1 amide bonds. The first kappa shape index (κ1) is 18.5. The Balaban J connectivity index is 1.79. The monoisotopic (exact) mass is 405 g/mol. The van der Waals surface area contributed by atoms with Crippen LogP contribution in [0.15, 0.2) is 48.5 Å². The molecule has 1 fully saturated rings. The highest BCUT2D eigenvalue weighted by Gasteiger charge is 2.45. The van der Waals surface area contributed by atoms with Gasteiger partial charge in [-0.25, -0.2) is 17.8 Å². The maximum Gasteiger partial charge on any atom is 0.407 e. The molecule has 0 aliphatic carbocycles. The number of halogens is 1. The molecule has 2 aliphatic heterocycles. The largest absolute Gasteiger partial charge is 0.465 e. The SMILES string of the molecule is O=C(O)N1CCCCC1CN1c2cccc(F)c2N(c2ccccc2)S1(=O)=O. The summed E-state index contributed by atoms with van der Waals surface area (Å²) in [5.41, 5.74) is 0.515. The lowest BCUT2D eigenvalue weighted by Crippen LogP contribution is -2.50. The molecule has 0 radical (unpaired) electrons. The molecule has 0 spiro atoms. The van der Waals surface area contributed by atoms with Gasteiger partial charge in [-0.15, -0.1) is 0 Å². The Kier molecular flexibility index (Phi) is 4.62. The van der Waals surface area contributed by atoms with E-state index in [2.05, 4.69) is 0 Å². The second-order valence-electron chi connectivity index (χ2n) is 6.87. The fraction of sp³-hybridized carbons (Fsp3) is 0.316. The van der Waals surface area contributed by atoms with Gasteiger partial charge in [0.2, 0.25) is 0 Å². The van der Waals surface area contributed by atoms with Crippen molar-refractivity contribution < 1.29 is 22.7 Å². The summed E-state index contributed by atoms with van der Waals surface area (Å²) in [5, 5.41) is 9.47. The molecule has 0 aromatic heterocycles. The van der Waals surface area contributed by atoms with Gasteiger partial charge in [-0.1, -0.05) is 24.3 Å². The average molecular weight is 405 g/mol. The number of fused-ring (bicyclic) bond motifs is 1. The van der Waals surface area contributed by atoms with Gasteiger partial charge in [-0.3, -0.25) is 0 Å². The van der Waals surface area contributed by atoms with Gasteiger partial charge in [0, 0.05) is 6.54 Å². The Morgan fingerprint density at radius 1 is 1.11 bits per heavy atom. The topological polar surface area (TPSA) is 81.2 Å². The molecule has 2 aliphatic rings. The van der Waals surface area contributed by atoms with Crippen LogP contribution in [0.5, 0.6) is 0 Å². The standard InChI is InChI=1S/C19H20FN3O4S/c20-16-10-6-11-17-18(16)23(14-7-2-1-3-8-14)28(26,27)22(17)13-15-9-4-5-12-21(15)19(24)25/h1-3,6-8,10-11,15H,4-5,9,12-13H2,(H,24,25). The molecule has 2 aromatic carbocycles. The first-order chi connectivity index (χ1) is 13.4. The molecule has 0 bridgehead atoms. The van der Waals surface area contributed by atoms with E-state index in [0.717, 1.165) is 21.5 Å². The Labute approximate surface area is 162 Å². The van der Waals surface area contributed by atoms with E-state index in [1.165, 1.54) is 17.0 Å². The fourth-order valence-electron chi connectivity index (χ4n) is 3.90. The molecule has 1 unspecified atom stereocenters. The van der Waals surface area contributed by atoms with E-state index in [0.29, 0.717) is 18.7 Å². The fourth-order valence-corrected chi connectivity index (χ4v) is 5.65. The van der Waals surface area contributed by atoms with Crippen LogP contribution in [0.3, 0.4) is 0 Å². The minimum Gasteiger partial charge on any atom is -0.465 e. The number of piperidine rings is 1. The molecule has 1 saturated heterocycles. The minimum atomic E-state index is -4.10. The van der Waals surface area contributed by atoms with Crippen molar-refractivity contribution in [2.75, 3.05) is 21.7 Å². The number of nitrogens with zero attached hydrogens (tertiary/aromatic N) is 3. The number of hydrogen-bond donors (Lipinski definition) is 1. The lowest BCUT2D eigenvalue weighted by atomic mass is 10.0. The first-order valence-corrected chi connectivity index (χ1v) is 10.5. The normalized spacial score (nSPS) is 20.9. The predicted octanol–water partition coefficient (Wildman–Crippen LogP) is 3.56. The van der Waals surface area contributed by atoms with Gasteiger partial charge in [-0.2, -0.15) is 8.42 Å². The molecule has 1 atom stereocenters. The first-order valence-electron chi connectivity index (χ1n) is 9.07. The average Bonchev–Trinajstić information content (AvgIpc) is 2.91. The molecule has 2 heterocycles. The van der Waals surface area contributed by atoms with Crippen LogP contribution in [0, 0.1) is 5.82 Å². The van der Waals surface area contributed by atoms with Crippen LogP contribution in [-0.2, 0) is 10.2 Å². The number of likely N-dealkylation sites (tertiary alicyclic amines) is 1. The lowest BCUT2D eigenvalue weighted by Gasteiger charge is -2.36. The van der Waals surface area contributed by atoms with Gasteiger partial charge < -0.3 is 10.0 Å². The van der Waals surface area contributed by atoms with Gasteiger partial charge in [-0.05, 0) is 43.5 Å². The number of carbonyl (C=O) groups is 1. The van der Waals surface area contributed by atoms with E-state index in [4.69, 9.17) is 0 Å². The van der Waals surface area contributed by atoms with Crippen LogP contribution < -0.4 is 8.61 Å². The Hall–Kier alpha value is -2.81. The zero-order chi connectivity index (χ0) is 19.9. The summed E-state index contributed by atoms with van der Waals surface area (Å²) >= 11 is 0. The van der Waals surface area contributed by atoms with Gasteiger partial charge in [0.25, 0.3) is 0 Å². The van der Waals surface area contributed by atoms with Crippen LogP contribution in [0.2, 0.25) is 0 Å². The second kappa shape index (κ2) is 6.97. The summed E-state index contributed by atoms with van der Waals surface area (Å²) in [4.78, 5) is 12.9. The molecule has 4 rings (SSSR count). The predicted molar refractivity (Wildman–Crippen MR) is 104 cm³/mol. The summed E-state index contributed by atoms with van der Waals surface area (Å²) in [7, 11) is -4.10. The molecule has 148 valence electrons. The van der Waals surface area contributed by atoms with Crippen molar-refractivity contribution in [1.82, 2.24) is 4.90 Å². The van der Waals surface area contributed by atoms with E-state index in [9.17, 15) is 22.7 Å². The Morgan fingerprint density at radius 2 is 1.86 bits per heavy atom. The number of rotatable bonds is 3. The van der Waals surface area contributed by atoms with Crippen molar-refractivity contribution in [2.24, 2.45) is 0 Å². The Morgan fingerprint density at radius 3 is 2.57 bits per heavy atom. The molecule has 9 heteroatoms. The van der Waals surface area contributed by atoms with Crippen LogP contribution in [0.25, 0.3) is 0 Å². The van der Waals surface area contributed by atoms with Gasteiger partial charge in [0.05, 0.1) is 24.0 Å².